The SMILES string of the molecule is COc1cc(C(=O)NCC(=O)c2cc(CCI)c(O)c(Cl)n2)ccc1OCCF. The third-order valence-electron chi connectivity index (χ3n) is 3.85. The van der Waals surface area contributed by atoms with Gasteiger partial charge >= 0.3 is 0 Å². The van der Waals surface area contributed by atoms with Gasteiger partial charge in [0.25, 0.3) is 5.91 Å². The summed E-state index contributed by atoms with van der Waals surface area (Å²) in [5.41, 5.74) is 0.813. The molecule has 1 heterocycles. The van der Waals surface area contributed by atoms with Gasteiger partial charge < -0.3 is 19.9 Å². The Morgan fingerprint density at radius 1 is 1.31 bits per heavy atom. The molecular formula is C19H19ClFIN2O5. The molecule has 7 nitrogen and oxygen atoms in total. The molecule has 1 amide bonds. The second-order valence-corrected chi connectivity index (χ2v) is 7.19. The molecule has 0 saturated carbocycles. The van der Waals surface area contributed by atoms with Crippen LogP contribution in [0.1, 0.15) is 26.4 Å². The van der Waals surface area contributed by atoms with Gasteiger partial charge in [-0.2, -0.15) is 0 Å². The Labute approximate surface area is 185 Å². The number of ketones is 1. The van der Waals surface area contributed by atoms with E-state index in [0.717, 1.165) is 4.43 Å². The summed E-state index contributed by atoms with van der Waals surface area (Å²) in [6, 6.07) is 5.86. The third-order valence-corrected chi connectivity index (χ3v) is 4.65. The lowest BCUT2D eigenvalue weighted by Crippen LogP contribution is -2.30. The van der Waals surface area contributed by atoms with Crippen molar-refractivity contribution >= 4 is 45.9 Å². The molecule has 0 bridgehead atoms. The van der Waals surface area contributed by atoms with E-state index in [9.17, 15) is 19.1 Å². The Bertz CT molecular complexity index is 897. The number of amides is 1. The largest absolute Gasteiger partial charge is 0.504 e. The first kappa shape index (κ1) is 23.1. The summed E-state index contributed by atoms with van der Waals surface area (Å²) in [5, 5.41) is 12.3. The number of hydrogen-bond acceptors (Lipinski definition) is 6. The van der Waals surface area contributed by atoms with Crippen molar-refractivity contribution in [3.8, 4) is 17.2 Å². The van der Waals surface area contributed by atoms with E-state index in [2.05, 4.69) is 32.9 Å². The lowest BCUT2D eigenvalue weighted by atomic mass is 10.1. The number of pyridine rings is 1. The van der Waals surface area contributed by atoms with Gasteiger partial charge in [-0.3, -0.25) is 9.59 Å². The second kappa shape index (κ2) is 11.1. The van der Waals surface area contributed by atoms with Gasteiger partial charge in [0, 0.05) is 15.6 Å². The predicted molar refractivity (Wildman–Crippen MR) is 115 cm³/mol. The first-order valence-electron chi connectivity index (χ1n) is 8.53. The molecule has 1 aromatic heterocycles. The molecule has 156 valence electrons. The molecule has 0 aliphatic rings. The van der Waals surface area contributed by atoms with Crippen molar-refractivity contribution in [3.05, 3.63) is 46.2 Å². The smallest absolute Gasteiger partial charge is 0.251 e. The quantitative estimate of drug-likeness (QED) is 0.209. The van der Waals surface area contributed by atoms with Gasteiger partial charge in [0.1, 0.15) is 19.0 Å². The molecule has 0 aliphatic heterocycles. The number of hydrogen-bond donors (Lipinski definition) is 2. The lowest BCUT2D eigenvalue weighted by molar-refractivity contribution is 0.0902. The minimum Gasteiger partial charge on any atom is -0.504 e. The Kier molecular flexibility index (Phi) is 8.90. The van der Waals surface area contributed by atoms with Crippen molar-refractivity contribution < 1.29 is 28.6 Å². The highest BCUT2D eigenvalue weighted by molar-refractivity contribution is 14.1. The fourth-order valence-corrected chi connectivity index (χ4v) is 3.22. The van der Waals surface area contributed by atoms with Crippen molar-refractivity contribution in [2.45, 2.75) is 6.42 Å². The molecule has 0 spiro atoms. The number of nitrogens with zero attached hydrogens (tertiary/aromatic N) is 1. The summed E-state index contributed by atoms with van der Waals surface area (Å²) < 4.78 is 23.3. The van der Waals surface area contributed by atoms with E-state index in [1.165, 1.54) is 31.4 Å². The highest BCUT2D eigenvalue weighted by atomic mass is 127. The van der Waals surface area contributed by atoms with Crippen LogP contribution in [0.25, 0.3) is 0 Å². The maximum Gasteiger partial charge on any atom is 0.251 e. The van der Waals surface area contributed by atoms with Crippen molar-refractivity contribution in [2.24, 2.45) is 0 Å². The monoisotopic (exact) mass is 536 g/mol. The van der Waals surface area contributed by atoms with Crippen LogP contribution >= 0.6 is 34.2 Å². The van der Waals surface area contributed by atoms with Gasteiger partial charge in [0.2, 0.25) is 0 Å². The summed E-state index contributed by atoms with van der Waals surface area (Å²) in [7, 11) is 1.40. The number of benzene rings is 1. The molecule has 1 aromatic carbocycles. The van der Waals surface area contributed by atoms with Crippen LogP contribution < -0.4 is 14.8 Å². The molecule has 2 rings (SSSR count). The molecule has 10 heteroatoms. The topological polar surface area (TPSA) is 97.8 Å². The maximum atomic E-state index is 12.4. The average Bonchev–Trinajstić information content (AvgIpc) is 2.73. The molecule has 2 aromatic rings. The molecule has 0 saturated heterocycles. The van der Waals surface area contributed by atoms with Crippen LogP contribution in [0, 0.1) is 0 Å². The number of methoxy groups -OCH3 is 1. The first-order valence-corrected chi connectivity index (χ1v) is 10.4. The van der Waals surface area contributed by atoms with Crippen LogP contribution in [-0.2, 0) is 6.42 Å². The average molecular weight is 537 g/mol. The highest BCUT2D eigenvalue weighted by Crippen LogP contribution is 2.28. The number of halogens is 3. The second-order valence-electron chi connectivity index (χ2n) is 5.75. The zero-order valence-electron chi connectivity index (χ0n) is 15.5. The van der Waals surface area contributed by atoms with Gasteiger partial charge in [-0.25, -0.2) is 9.37 Å². The number of ether oxygens (including phenoxy) is 2. The number of nitrogens with one attached hydrogen (secondary N) is 1. The summed E-state index contributed by atoms with van der Waals surface area (Å²) in [5.74, 6) is -0.529. The minimum atomic E-state index is -0.650. The first-order chi connectivity index (χ1) is 13.9. The number of rotatable bonds is 10. The van der Waals surface area contributed by atoms with Crippen LogP contribution in [-0.4, -0.2) is 53.1 Å². The number of alkyl halides is 2. The molecule has 0 fully saturated rings. The van der Waals surface area contributed by atoms with E-state index in [-0.39, 0.29) is 41.1 Å². The standard InChI is InChI=1S/C19H19ClFIN2O5/c1-28-16-9-12(2-3-15(16)29-7-5-21)19(27)23-10-14(25)13-8-11(4-6-22)17(26)18(20)24-13/h2-3,8-9,26H,4-7,10H2,1H3,(H,23,27). The molecular weight excluding hydrogens is 518 g/mol. The Hall–Kier alpha value is -2.14. The van der Waals surface area contributed by atoms with E-state index in [1.54, 1.807) is 0 Å². The van der Waals surface area contributed by atoms with Gasteiger partial charge in [-0.05, 0) is 30.7 Å². The number of carbonyl (C=O) groups excluding carboxylic acids is 2. The van der Waals surface area contributed by atoms with Crippen LogP contribution in [0.15, 0.2) is 24.3 Å². The molecule has 2 N–H and O–H groups in total. The molecule has 0 radical (unpaired) electrons. The van der Waals surface area contributed by atoms with Crippen LogP contribution in [0.4, 0.5) is 4.39 Å². The van der Waals surface area contributed by atoms with Crippen molar-refractivity contribution in [1.82, 2.24) is 10.3 Å². The highest BCUT2D eigenvalue weighted by Gasteiger charge is 2.17. The fraction of sp³-hybridized carbons (Fsp3) is 0.316. The number of carbonyl (C=O) groups is 2. The number of aryl methyl sites for hydroxylation is 1. The number of aromatic hydroxyl groups is 1. The Balaban J connectivity index is 2.08. The van der Waals surface area contributed by atoms with Gasteiger partial charge in [0.05, 0.1) is 13.7 Å². The summed E-state index contributed by atoms with van der Waals surface area (Å²) in [4.78, 5) is 28.6. The van der Waals surface area contributed by atoms with Gasteiger partial charge in [0.15, 0.2) is 28.2 Å². The predicted octanol–water partition coefficient (Wildman–Crippen LogP) is 3.39. The fourth-order valence-electron chi connectivity index (χ4n) is 2.42. The molecule has 0 unspecified atom stereocenters. The van der Waals surface area contributed by atoms with Crippen LogP contribution in [0.3, 0.4) is 0 Å². The molecule has 29 heavy (non-hydrogen) atoms. The summed E-state index contributed by atoms with van der Waals surface area (Å²) in [6.45, 7) is -1.08. The van der Waals surface area contributed by atoms with E-state index in [1.807, 2.05) is 0 Å². The Morgan fingerprint density at radius 3 is 2.72 bits per heavy atom. The number of aromatic nitrogens is 1. The summed E-state index contributed by atoms with van der Waals surface area (Å²) in [6.07, 6.45) is 0.526. The minimum absolute atomic E-state index is 0.0560. The normalized spacial score (nSPS) is 10.5. The van der Waals surface area contributed by atoms with Crippen molar-refractivity contribution in [1.29, 1.82) is 0 Å². The van der Waals surface area contributed by atoms with Crippen LogP contribution in [0.2, 0.25) is 5.15 Å². The van der Waals surface area contributed by atoms with Crippen molar-refractivity contribution in [2.75, 3.05) is 31.4 Å². The van der Waals surface area contributed by atoms with Crippen LogP contribution in [0.5, 0.6) is 17.2 Å². The number of Topliss-reactive ketones (excluding diaryl/α,β-unsaturated/α-hetero) is 1. The zero-order chi connectivity index (χ0) is 21.4. The molecule has 0 aliphatic carbocycles. The lowest BCUT2D eigenvalue weighted by Gasteiger charge is -2.11. The Morgan fingerprint density at radius 2 is 2.07 bits per heavy atom. The summed E-state index contributed by atoms with van der Waals surface area (Å²) >= 11 is 8.03. The van der Waals surface area contributed by atoms with Crippen molar-refractivity contribution in [3.63, 3.8) is 0 Å². The zero-order valence-corrected chi connectivity index (χ0v) is 18.4. The van der Waals surface area contributed by atoms with E-state index in [4.69, 9.17) is 21.1 Å². The van der Waals surface area contributed by atoms with Gasteiger partial charge in [-0.15, -0.1) is 0 Å². The molecule has 0 atom stereocenters. The van der Waals surface area contributed by atoms with E-state index < -0.39 is 18.4 Å². The van der Waals surface area contributed by atoms with E-state index >= 15 is 0 Å². The third kappa shape index (κ3) is 6.17. The van der Waals surface area contributed by atoms with Gasteiger partial charge in [-0.1, -0.05) is 34.2 Å². The maximum absolute atomic E-state index is 12.4. The van der Waals surface area contributed by atoms with E-state index in [0.29, 0.717) is 17.7 Å².